The van der Waals surface area contributed by atoms with Gasteiger partial charge in [-0.15, -0.1) is 0 Å². The zero-order chi connectivity index (χ0) is 15.1. The number of nitrogens with two attached hydrogens (primary N) is 1. The van der Waals surface area contributed by atoms with Crippen molar-refractivity contribution in [3.8, 4) is 0 Å². The van der Waals surface area contributed by atoms with Crippen molar-refractivity contribution in [1.82, 2.24) is 4.90 Å². The van der Waals surface area contributed by atoms with Crippen LogP contribution in [-0.2, 0) is 20.9 Å². The molecule has 0 spiro atoms. The Morgan fingerprint density at radius 2 is 1.86 bits per heavy atom. The van der Waals surface area contributed by atoms with Gasteiger partial charge in [0.25, 0.3) is 0 Å². The molecule has 1 aromatic carbocycles. The fraction of sp³-hybridized carbons (Fsp3) is 0.500. The maximum atomic E-state index is 11.9. The molecule has 21 heavy (non-hydrogen) atoms. The van der Waals surface area contributed by atoms with Crippen LogP contribution in [-0.4, -0.2) is 35.9 Å². The number of carbonyl (C=O) groups is 2. The van der Waals surface area contributed by atoms with Crippen LogP contribution in [0.4, 0.5) is 0 Å². The number of benzene rings is 1. The van der Waals surface area contributed by atoms with Crippen LogP contribution in [0.25, 0.3) is 0 Å². The Morgan fingerprint density at radius 1 is 1.19 bits per heavy atom. The fourth-order valence-electron chi connectivity index (χ4n) is 2.36. The van der Waals surface area contributed by atoms with Crippen molar-refractivity contribution in [2.45, 2.75) is 38.3 Å². The Hall–Kier alpha value is -1.88. The highest BCUT2D eigenvalue weighted by molar-refractivity contribution is 5.79. The molecule has 1 amide bonds. The second kappa shape index (κ2) is 7.78. The number of likely N-dealkylation sites (tertiary alicyclic amines) is 1. The van der Waals surface area contributed by atoms with E-state index < -0.39 is 12.0 Å². The number of amides is 1. The Morgan fingerprint density at radius 3 is 2.52 bits per heavy atom. The molecule has 1 aliphatic heterocycles. The molecule has 1 fully saturated rings. The highest BCUT2D eigenvalue weighted by Crippen LogP contribution is 2.11. The maximum Gasteiger partial charge on any atom is 0.323 e. The van der Waals surface area contributed by atoms with Crippen LogP contribution in [0.15, 0.2) is 30.3 Å². The van der Waals surface area contributed by atoms with Crippen molar-refractivity contribution in [2.24, 2.45) is 5.73 Å². The molecule has 0 aromatic heterocycles. The molecule has 1 heterocycles. The first kappa shape index (κ1) is 15.5. The Bertz CT molecular complexity index is 470. The van der Waals surface area contributed by atoms with Crippen molar-refractivity contribution in [2.75, 3.05) is 13.1 Å². The molecule has 1 saturated heterocycles. The Kier molecular flexibility index (Phi) is 5.75. The van der Waals surface area contributed by atoms with Gasteiger partial charge in [-0.1, -0.05) is 30.3 Å². The van der Waals surface area contributed by atoms with Crippen LogP contribution in [0.3, 0.4) is 0 Å². The normalized spacial score (nSPS) is 15.8. The SMILES string of the molecule is NC(CCC(=O)N1CCCC1)C(=O)OCc1ccccc1. The Balaban J connectivity index is 1.68. The van der Waals surface area contributed by atoms with E-state index in [0.717, 1.165) is 31.5 Å². The van der Waals surface area contributed by atoms with Gasteiger partial charge in [-0.05, 0) is 24.8 Å². The molecule has 0 radical (unpaired) electrons. The van der Waals surface area contributed by atoms with Gasteiger partial charge in [-0.25, -0.2) is 0 Å². The first-order valence-corrected chi connectivity index (χ1v) is 7.41. The number of rotatable bonds is 6. The lowest BCUT2D eigenvalue weighted by molar-refractivity contribution is -0.146. The summed E-state index contributed by atoms with van der Waals surface area (Å²) >= 11 is 0. The van der Waals surface area contributed by atoms with E-state index in [-0.39, 0.29) is 12.5 Å². The first-order valence-electron chi connectivity index (χ1n) is 7.41. The maximum absolute atomic E-state index is 11.9. The van der Waals surface area contributed by atoms with Crippen molar-refractivity contribution in [3.05, 3.63) is 35.9 Å². The second-order valence-corrected chi connectivity index (χ2v) is 5.33. The van der Waals surface area contributed by atoms with Gasteiger partial charge >= 0.3 is 5.97 Å². The van der Waals surface area contributed by atoms with Gasteiger partial charge in [-0.2, -0.15) is 0 Å². The molecule has 0 saturated carbocycles. The number of esters is 1. The summed E-state index contributed by atoms with van der Waals surface area (Å²) in [6, 6.07) is 8.71. The summed E-state index contributed by atoms with van der Waals surface area (Å²) < 4.78 is 5.16. The van der Waals surface area contributed by atoms with Crippen LogP contribution in [0.5, 0.6) is 0 Å². The molecular weight excluding hydrogens is 268 g/mol. The number of nitrogens with zero attached hydrogens (tertiary/aromatic N) is 1. The molecule has 114 valence electrons. The van der Waals surface area contributed by atoms with Gasteiger partial charge < -0.3 is 15.4 Å². The Labute approximate surface area is 125 Å². The quantitative estimate of drug-likeness (QED) is 0.805. The third kappa shape index (κ3) is 4.86. The lowest BCUT2D eigenvalue weighted by atomic mass is 10.1. The monoisotopic (exact) mass is 290 g/mol. The lowest BCUT2D eigenvalue weighted by Crippen LogP contribution is -2.35. The van der Waals surface area contributed by atoms with E-state index in [2.05, 4.69) is 0 Å². The predicted molar refractivity (Wildman–Crippen MR) is 79.3 cm³/mol. The van der Waals surface area contributed by atoms with Crippen LogP contribution >= 0.6 is 0 Å². The van der Waals surface area contributed by atoms with E-state index >= 15 is 0 Å². The molecule has 2 rings (SSSR count). The molecule has 2 N–H and O–H groups in total. The van der Waals surface area contributed by atoms with Gasteiger partial charge in [0.15, 0.2) is 0 Å². The minimum atomic E-state index is -0.736. The van der Waals surface area contributed by atoms with E-state index in [1.807, 2.05) is 35.2 Å². The summed E-state index contributed by atoms with van der Waals surface area (Å²) in [5, 5.41) is 0. The van der Waals surface area contributed by atoms with Gasteiger partial charge in [0.05, 0.1) is 0 Å². The van der Waals surface area contributed by atoms with Crippen molar-refractivity contribution < 1.29 is 14.3 Å². The molecule has 0 bridgehead atoms. The molecule has 5 heteroatoms. The number of carbonyl (C=O) groups excluding carboxylic acids is 2. The minimum absolute atomic E-state index is 0.0822. The van der Waals surface area contributed by atoms with Gasteiger partial charge in [-0.3, -0.25) is 9.59 Å². The van der Waals surface area contributed by atoms with Crippen LogP contribution in [0.2, 0.25) is 0 Å². The average molecular weight is 290 g/mol. The third-order valence-electron chi connectivity index (χ3n) is 3.65. The van der Waals surface area contributed by atoms with E-state index in [1.165, 1.54) is 0 Å². The zero-order valence-electron chi connectivity index (χ0n) is 12.2. The van der Waals surface area contributed by atoms with Gasteiger partial charge in [0.2, 0.25) is 5.91 Å². The standard InChI is InChI=1S/C16H22N2O3/c17-14(8-9-15(19)18-10-4-5-11-18)16(20)21-12-13-6-2-1-3-7-13/h1-3,6-7,14H,4-5,8-12,17H2. The number of hydrogen-bond donors (Lipinski definition) is 1. The van der Waals surface area contributed by atoms with Gasteiger partial charge in [0.1, 0.15) is 12.6 Å². The van der Waals surface area contributed by atoms with Crippen LogP contribution in [0.1, 0.15) is 31.2 Å². The van der Waals surface area contributed by atoms with E-state index in [4.69, 9.17) is 10.5 Å². The summed E-state index contributed by atoms with van der Waals surface area (Å²) in [4.78, 5) is 25.5. The number of hydrogen-bond acceptors (Lipinski definition) is 4. The summed E-state index contributed by atoms with van der Waals surface area (Å²) in [5.74, 6) is -0.369. The highest BCUT2D eigenvalue weighted by atomic mass is 16.5. The van der Waals surface area contributed by atoms with Crippen LogP contribution in [0, 0.1) is 0 Å². The van der Waals surface area contributed by atoms with Gasteiger partial charge in [0, 0.05) is 19.5 Å². The van der Waals surface area contributed by atoms with E-state index in [0.29, 0.717) is 12.8 Å². The highest BCUT2D eigenvalue weighted by Gasteiger charge is 2.21. The van der Waals surface area contributed by atoms with Crippen LogP contribution < -0.4 is 5.73 Å². The first-order chi connectivity index (χ1) is 10.2. The fourth-order valence-corrected chi connectivity index (χ4v) is 2.36. The summed E-state index contributed by atoms with van der Waals surface area (Å²) in [7, 11) is 0. The van der Waals surface area contributed by atoms with E-state index in [9.17, 15) is 9.59 Å². The molecule has 1 aliphatic rings. The predicted octanol–water partition coefficient (Wildman–Crippen LogP) is 1.46. The lowest BCUT2D eigenvalue weighted by Gasteiger charge is -2.16. The summed E-state index contributed by atoms with van der Waals surface area (Å²) in [6.45, 7) is 1.87. The summed E-state index contributed by atoms with van der Waals surface area (Å²) in [6.07, 6.45) is 2.78. The van der Waals surface area contributed by atoms with Crippen molar-refractivity contribution in [3.63, 3.8) is 0 Å². The molecule has 1 unspecified atom stereocenters. The molecular formula is C16H22N2O3. The minimum Gasteiger partial charge on any atom is -0.460 e. The molecule has 0 aliphatic carbocycles. The molecule has 1 aromatic rings. The average Bonchev–Trinajstić information content (AvgIpc) is 3.05. The summed E-state index contributed by atoms with van der Waals surface area (Å²) in [5.41, 5.74) is 6.71. The smallest absolute Gasteiger partial charge is 0.323 e. The number of ether oxygens (including phenoxy) is 1. The largest absolute Gasteiger partial charge is 0.460 e. The molecule has 1 atom stereocenters. The van der Waals surface area contributed by atoms with E-state index in [1.54, 1.807) is 0 Å². The second-order valence-electron chi connectivity index (χ2n) is 5.33. The molecule has 5 nitrogen and oxygen atoms in total. The zero-order valence-corrected chi connectivity index (χ0v) is 12.2. The van der Waals surface area contributed by atoms with Crippen molar-refractivity contribution >= 4 is 11.9 Å². The third-order valence-corrected chi connectivity index (χ3v) is 3.65. The van der Waals surface area contributed by atoms with Crippen molar-refractivity contribution in [1.29, 1.82) is 0 Å². The topological polar surface area (TPSA) is 72.6 Å².